The highest BCUT2D eigenvalue weighted by Crippen LogP contribution is 2.41. The molecule has 0 saturated heterocycles. The van der Waals surface area contributed by atoms with E-state index in [0.29, 0.717) is 28.6 Å². The molecule has 2 aromatic rings. The third kappa shape index (κ3) is 2.34. The molecule has 0 radical (unpaired) electrons. The Morgan fingerprint density at radius 3 is 2.74 bits per heavy atom. The van der Waals surface area contributed by atoms with Gasteiger partial charge in [0, 0.05) is 5.92 Å². The van der Waals surface area contributed by atoms with E-state index in [9.17, 15) is 0 Å². The van der Waals surface area contributed by atoms with E-state index in [1.165, 1.54) is 12.8 Å². The topological polar surface area (TPSA) is 93.6 Å². The third-order valence-electron chi connectivity index (χ3n) is 4.05. The fourth-order valence-electron chi connectivity index (χ4n) is 2.63. The monoisotopic (exact) mass is 261 g/mol. The van der Waals surface area contributed by atoms with E-state index in [0.717, 1.165) is 18.7 Å². The fourth-order valence-corrected chi connectivity index (χ4v) is 2.63. The summed E-state index contributed by atoms with van der Waals surface area (Å²) in [6.45, 7) is 4.63. The Labute approximate surface area is 111 Å². The van der Waals surface area contributed by atoms with Crippen LogP contribution in [0.3, 0.4) is 0 Å². The van der Waals surface area contributed by atoms with Gasteiger partial charge in [-0.25, -0.2) is 0 Å². The van der Waals surface area contributed by atoms with Gasteiger partial charge in [-0.05, 0) is 31.1 Å². The molecule has 6 heteroatoms. The van der Waals surface area contributed by atoms with E-state index in [-0.39, 0.29) is 0 Å². The SMILES string of the molecule is CC1(C)CCC(c2noc(-c3cn[nH]c3N)n2)CC1. The number of H-pyrrole nitrogens is 1. The average Bonchev–Trinajstić information content (AvgIpc) is 2.97. The maximum atomic E-state index is 5.75. The first-order valence-electron chi connectivity index (χ1n) is 6.68. The maximum absolute atomic E-state index is 5.75. The summed E-state index contributed by atoms with van der Waals surface area (Å²) in [5.74, 6) is 2.11. The molecule has 3 rings (SSSR count). The number of hydrogen-bond donors (Lipinski definition) is 2. The zero-order valence-electron chi connectivity index (χ0n) is 11.3. The minimum Gasteiger partial charge on any atom is -0.383 e. The number of anilines is 1. The molecule has 2 aromatic heterocycles. The van der Waals surface area contributed by atoms with Crippen LogP contribution < -0.4 is 5.73 Å². The first-order chi connectivity index (χ1) is 9.05. The van der Waals surface area contributed by atoms with Crippen LogP contribution in [0.2, 0.25) is 0 Å². The number of nitrogens with one attached hydrogen (secondary N) is 1. The van der Waals surface area contributed by atoms with Crippen LogP contribution in [0.25, 0.3) is 11.5 Å². The number of hydrogen-bond acceptors (Lipinski definition) is 5. The standard InChI is InChI=1S/C13H19N5O/c1-13(2)5-3-8(4-6-13)11-16-12(19-18-11)9-7-15-17-10(9)14/h7-8H,3-6H2,1-2H3,(H3,14,15,17). The molecule has 0 aliphatic heterocycles. The van der Waals surface area contributed by atoms with Crippen molar-refractivity contribution in [2.24, 2.45) is 5.41 Å². The van der Waals surface area contributed by atoms with Crippen LogP contribution in [-0.2, 0) is 0 Å². The Morgan fingerprint density at radius 1 is 1.37 bits per heavy atom. The predicted molar refractivity (Wildman–Crippen MR) is 71.3 cm³/mol. The van der Waals surface area contributed by atoms with Gasteiger partial charge in [0.15, 0.2) is 5.82 Å². The molecular weight excluding hydrogens is 242 g/mol. The Balaban J connectivity index is 1.77. The van der Waals surface area contributed by atoms with Crippen LogP contribution in [0.4, 0.5) is 5.82 Å². The summed E-state index contributed by atoms with van der Waals surface area (Å²) in [5.41, 5.74) is 6.87. The summed E-state index contributed by atoms with van der Waals surface area (Å²) in [5, 5.41) is 10.6. The average molecular weight is 261 g/mol. The minimum atomic E-state index is 0.402. The number of nitrogens with zero attached hydrogens (tertiary/aromatic N) is 3. The zero-order chi connectivity index (χ0) is 13.5. The molecule has 0 bridgehead atoms. The summed E-state index contributed by atoms with van der Waals surface area (Å²) in [4.78, 5) is 4.47. The van der Waals surface area contributed by atoms with Gasteiger partial charge < -0.3 is 10.3 Å². The predicted octanol–water partition coefficient (Wildman–Crippen LogP) is 2.73. The van der Waals surface area contributed by atoms with Crippen molar-refractivity contribution in [3.63, 3.8) is 0 Å². The number of rotatable bonds is 2. The number of aromatic amines is 1. The van der Waals surface area contributed by atoms with Crippen molar-refractivity contribution in [3.8, 4) is 11.5 Å². The Kier molecular flexibility index (Phi) is 2.80. The van der Waals surface area contributed by atoms with Gasteiger partial charge in [-0.3, -0.25) is 5.10 Å². The van der Waals surface area contributed by atoms with Gasteiger partial charge in [0.1, 0.15) is 11.4 Å². The molecule has 0 amide bonds. The van der Waals surface area contributed by atoms with Crippen LogP contribution in [0.15, 0.2) is 10.7 Å². The smallest absolute Gasteiger partial charge is 0.263 e. The fraction of sp³-hybridized carbons (Fsp3) is 0.615. The van der Waals surface area contributed by atoms with Crippen molar-refractivity contribution < 1.29 is 4.52 Å². The Bertz CT molecular complexity index is 561. The van der Waals surface area contributed by atoms with Crippen LogP contribution in [0.1, 0.15) is 51.3 Å². The van der Waals surface area contributed by atoms with Gasteiger partial charge in [-0.1, -0.05) is 19.0 Å². The molecule has 19 heavy (non-hydrogen) atoms. The van der Waals surface area contributed by atoms with Gasteiger partial charge >= 0.3 is 0 Å². The second-order valence-corrected chi connectivity index (χ2v) is 6.09. The Hall–Kier alpha value is -1.85. The lowest BCUT2D eigenvalue weighted by Gasteiger charge is -2.32. The second-order valence-electron chi connectivity index (χ2n) is 6.09. The highest BCUT2D eigenvalue weighted by Gasteiger charge is 2.30. The highest BCUT2D eigenvalue weighted by molar-refractivity contribution is 5.65. The normalized spacial score (nSPS) is 19.7. The minimum absolute atomic E-state index is 0.402. The van der Waals surface area contributed by atoms with Gasteiger partial charge in [-0.15, -0.1) is 0 Å². The molecule has 1 aliphatic carbocycles. The van der Waals surface area contributed by atoms with Crippen molar-refractivity contribution in [3.05, 3.63) is 12.0 Å². The largest absolute Gasteiger partial charge is 0.383 e. The van der Waals surface area contributed by atoms with Crippen molar-refractivity contribution in [2.75, 3.05) is 5.73 Å². The van der Waals surface area contributed by atoms with E-state index >= 15 is 0 Å². The summed E-state index contributed by atoms with van der Waals surface area (Å²) in [6, 6.07) is 0. The van der Waals surface area contributed by atoms with Gasteiger partial charge in [0.2, 0.25) is 0 Å². The number of aromatic nitrogens is 4. The molecule has 2 heterocycles. The number of nitrogen functional groups attached to an aromatic ring is 1. The molecule has 0 atom stereocenters. The molecule has 0 aromatic carbocycles. The van der Waals surface area contributed by atoms with Crippen LogP contribution in [0, 0.1) is 5.41 Å². The van der Waals surface area contributed by atoms with Crippen LogP contribution in [-0.4, -0.2) is 20.3 Å². The molecule has 1 aliphatic rings. The Morgan fingerprint density at radius 2 is 2.11 bits per heavy atom. The first kappa shape index (κ1) is 12.2. The summed E-state index contributed by atoms with van der Waals surface area (Å²) in [6.07, 6.45) is 6.25. The van der Waals surface area contributed by atoms with E-state index in [1.807, 2.05) is 0 Å². The lowest BCUT2D eigenvalue weighted by atomic mass is 9.73. The zero-order valence-corrected chi connectivity index (χ0v) is 11.3. The third-order valence-corrected chi connectivity index (χ3v) is 4.05. The summed E-state index contributed by atoms with van der Waals surface area (Å²) < 4.78 is 5.29. The van der Waals surface area contributed by atoms with E-state index in [2.05, 4.69) is 34.2 Å². The van der Waals surface area contributed by atoms with Crippen molar-refractivity contribution >= 4 is 5.82 Å². The molecule has 1 saturated carbocycles. The van der Waals surface area contributed by atoms with Gasteiger partial charge in [0.25, 0.3) is 5.89 Å². The molecule has 6 nitrogen and oxygen atoms in total. The van der Waals surface area contributed by atoms with Gasteiger partial charge in [-0.2, -0.15) is 10.1 Å². The molecule has 3 N–H and O–H groups in total. The lowest BCUT2D eigenvalue weighted by molar-refractivity contribution is 0.218. The quantitative estimate of drug-likeness (QED) is 0.866. The van der Waals surface area contributed by atoms with E-state index < -0.39 is 0 Å². The molecule has 0 spiro atoms. The first-order valence-corrected chi connectivity index (χ1v) is 6.68. The molecule has 0 unspecified atom stereocenters. The second kappa shape index (κ2) is 4.36. The molecular formula is C13H19N5O. The highest BCUT2D eigenvalue weighted by atomic mass is 16.5. The van der Waals surface area contributed by atoms with Crippen molar-refractivity contribution in [2.45, 2.75) is 45.4 Å². The molecule has 102 valence electrons. The van der Waals surface area contributed by atoms with Crippen LogP contribution in [0.5, 0.6) is 0 Å². The van der Waals surface area contributed by atoms with Crippen molar-refractivity contribution in [1.82, 2.24) is 20.3 Å². The van der Waals surface area contributed by atoms with Gasteiger partial charge in [0.05, 0.1) is 6.20 Å². The van der Waals surface area contributed by atoms with Crippen LogP contribution >= 0.6 is 0 Å². The number of nitrogens with two attached hydrogens (primary N) is 1. The molecule has 1 fully saturated rings. The van der Waals surface area contributed by atoms with E-state index in [1.54, 1.807) is 6.20 Å². The van der Waals surface area contributed by atoms with Crippen molar-refractivity contribution in [1.29, 1.82) is 0 Å². The lowest BCUT2D eigenvalue weighted by Crippen LogP contribution is -2.20. The maximum Gasteiger partial charge on any atom is 0.263 e. The summed E-state index contributed by atoms with van der Waals surface area (Å²) >= 11 is 0. The van der Waals surface area contributed by atoms with E-state index in [4.69, 9.17) is 10.3 Å². The summed E-state index contributed by atoms with van der Waals surface area (Å²) in [7, 11) is 0.